The molecule has 0 radical (unpaired) electrons. The fourth-order valence-corrected chi connectivity index (χ4v) is 2.62. The lowest BCUT2D eigenvalue weighted by Crippen LogP contribution is -2.27. The van der Waals surface area contributed by atoms with Crippen molar-refractivity contribution in [1.82, 2.24) is 0 Å². The third-order valence-electron chi connectivity index (χ3n) is 2.89. The highest BCUT2D eigenvalue weighted by atomic mass is 35.5. The molecule has 0 spiro atoms. The first-order valence-corrected chi connectivity index (χ1v) is 8.39. The van der Waals surface area contributed by atoms with E-state index in [0.717, 1.165) is 18.0 Å². The SMILES string of the molecule is CS(=O)(=O)/C(N)=C(\Cl)C=NC=Nc1ccc2c(c1)COB2O. The van der Waals surface area contributed by atoms with Crippen molar-refractivity contribution in [3.63, 3.8) is 0 Å². The monoisotopic (exact) mass is 341 g/mol. The minimum Gasteiger partial charge on any atom is -0.423 e. The Morgan fingerprint density at radius 1 is 1.55 bits per heavy atom. The molecule has 1 aromatic carbocycles. The van der Waals surface area contributed by atoms with E-state index < -0.39 is 22.0 Å². The van der Waals surface area contributed by atoms with Gasteiger partial charge < -0.3 is 15.4 Å². The smallest absolute Gasteiger partial charge is 0.423 e. The van der Waals surface area contributed by atoms with Crippen LogP contribution in [0.15, 0.2) is 38.2 Å². The van der Waals surface area contributed by atoms with Gasteiger partial charge in [-0.3, -0.25) is 0 Å². The van der Waals surface area contributed by atoms with Gasteiger partial charge in [-0.05, 0) is 23.2 Å². The van der Waals surface area contributed by atoms with Crippen LogP contribution in [0.3, 0.4) is 0 Å². The average Bonchev–Trinajstić information content (AvgIpc) is 2.82. The number of halogens is 1. The molecular weight excluding hydrogens is 328 g/mol. The summed E-state index contributed by atoms with van der Waals surface area (Å²) < 4.78 is 27.4. The van der Waals surface area contributed by atoms with Gasteiger partial charge in [0.2, 0.25) is 0 Å². The average molecular weight is 342 g/mol. The van der Waals surface area contributed by atoms with Crippen LogP contribution in [-0.4, -0.2) is 39.4 Å². The summed E-state index contributed by atoms with van der Waals surface area (Å²) in [5.74, 6) is 0. The van der Waals surface area contributed by atoms with Gasteiger partial charge in [0.05, 0.1) is 23.5 Å². The lowest BCUT2D eigenvalue weighted by molar-refractivity contribution is 0.275. The minimum atomic E-state index is -3.55. The molecule has 0 aliphatic carbocycles. The van der Waals surface area contributed by atoms with Crippen LogP contribution in [-0.2, 0) is 21.1 Å². The van der Waals surface area contributed by atoms with Gasteiger partial charge in [-0.25, -0.2) is 18.4 Å². The van der Waals surface area contributed by atoms with Crippen molar-refractivity contribution >= 4 is 52.3 Å². The molecule has 1 aromatic rings. The molecule has 0 atom stereocenters. The lowest BCUT2D eigenvalue weighted by atomic mass is 9.79. The summed E-state index contributed by atoms with van der Waals surface area (Å²) in [7, 11) is -4.45. The number of fused-ring (bicyclic) bond motifs is 1. The van der Waals surface area contributed by atoms with Gasteiger partial charge in [-0.1, -0.05) is 17.7 Å². The van der Waals surface area contributed by atoms with Crippen molar-refractivity contribution in [3.8, 4) is 0 Å². The van der Waals surface area contributed by atoms with Crippen LogP contribution in [0.4, 0.5) is 5.69 Å². The Hall–Kier alpha value is -1.68. The minimum absolute atomic E-state index is 0.181. The zero-order valence-electron chi connectivity index (χ0n) is 11.6. The van der Waals surface area contributed by atoms with E-state index in [4.69, 9.17) is 22.0 Å². The standard InChI is InChI=1S/C12H13BClN3O4S/c1-22(19,20)12(15)11(14)5-16-7-17-9-2-3-10-8(4-9)6-21-13(10)18/h2-5,7,18H,6,15H2,1H3/b12-11-,16-5?,17-7?. The summed E-state index contributed by atoms with van der Waals surface area (Å²) in [5.41, 5.74) is 7.53. The molecule has 1 aliphatic rings. The molecule has 22 heavy (non-hydrogen) atoms. The van der Waals surface area contributed by atoms with Crippen molar-refractivity contribution in [2.45, 2.75) is 6.61 Å². The normalized spacial score (nSPS) is 16.4. The number of nitrogens with two attached hydrogens (primary N) is 1. The molecule has 0 saturated carbocycles. The van der Waals surface area contributed by atoms with Crippen LogP contribution in [0, 0.1) is 0 Å². The fourth-order valence-electron chi connectivity index (χ4n) is 1.74. The molecule has 0 aromatic heterocycles. The quantitative estimate of drug-likeness (QED) is 0.456. The first-order valence-electron chi connectivity index (χ1n) is 6.12. The van der Waals surface area contributed by atoms with E-state index in [1.54, 1.807) is 18.2 Å². The van der Waals surface area contributed by atoms with E-state index in [1.165, 1.54) is 6.34 Å². The highest BCUT2D eigenvalue weighted by molar-refractivity contribution is 7.94. The molecule has 0 fully saturated rings. The van der Waals surface area contributed by atoms with Gasteiger partial charge in [0.25, 0.3) is 0 Å². The van der Waals surface area contributed by atoms with Gasteiger partial charge in [0, 0.05) is 6.26 Å². The summed E-state index contributed by atoms with van der Waals surface area (Å²) in [6.45, 7) is 0.322. The molecule has 7 nitrogen and oxygen atoms in total. The summed E-state index contributed by atoms with van der Waals surface area (Å²) in [4.78, 5) is 7.85. The van der Waals surface area contributed by atoms with Gasteiger partial charge in [-0.15, -0.1) is 0 Å². The number of benzene rings is 1. The highest BCUT2D eigenvalue weighted by Crippen LogP contribution is 2.17. The molecule has 0 saturated heterocycles. The highest BCUT2D eigenvalue weighted by Gasteiger charge is 2.26. The zero-order valence-corrected chi connectivity index (χ0v) is 13.2. The molecular formula is C12H13BClN3O4S. The van der Waals surface area contributed by atoms with Crippen molar-refractivity contribution in [1.29, 1.82) is 0 Å². The number of aliphatic imine (C=N–C) groups is 2. The second-order valence-electron chi connectivity index (χ2n) is 4.55. The number of nitrogens with zero attached hydrogens (tertiary/aromatic N) is 2. The molecule has 2 rings (SSSR count). The maximum absolute atomic E-state index is 11.2. The van der Waals surface area contributed by atoms with Crippen LogP contribution in [0.5, 0.6) is 0 Å². The summed E-state index contributed by atoms with van der Waals surface area (Å²) in [5, 5.41) is 8.87. The lowest BCUT2D eigenvalue weighted by Gasteiger charge is -1.99. The molecule has 0 unspecified atom stereocenters. The van der Waals surface area contributed by atoms with E-state index in [9.17, 15) is 13.4 Å². The van der Waals surface area contributed by atoms with Crippen LogP contribution in [0.1, 0.15) is 5.56 Å². The third-order valence-corrected chi connectivity index (χ3v) is 4.32. The molecule has 1 aliphatic heterocycles. The third kappa shape index (κ3) is 3.95. The largest absolute Gasteiger partial charge is 0.491 e. The van der Waals surface area contributed by atoms with Crippen molar-refractivity contribution in [2.75, 3.05) is 6.26 Å². The number of hydrogen-bond donors (Lipinski definition) is 2. The number of allylic oxidation sites excluding steroid dienone is 1. The van der Waals surface area contributed by atoms with Crippen molar-refractivity contribution < 1.29 is 18.1 Å². The summed E-state index contributed by atoms with van der Waals surface area (Å²) >= 11 is 5.71. The predicted molar refractivity (Wildman–Crippen MR) is 87.4 cm³/mol. The maximum atomic E-state index is 11.2. The van der Waals surface area contributed by atoms with Gasteiger partial charge in [-0.2, -0.15) is 0 Å². The van der Waals surface area contributed by atoms with Crippen molar-refractivity contribution in [3.05, 3.63) is 33.8 Å². The van der Waals surface area contributed by atoms with Gasteiger partial charge in [0.15, 0.2) is 9.84 Å². The second kappa shape index (κ2) is 6.61. The molecule has 0 amide bonds. The Morgan fingerprint density at radius 2 is 2.27 bits per heavy atom. The van der Waals surface area contributed by atoms with E-state index in [2.05, 4.69) is 9.98 Å². The molecule has 116 valence electrons. The van der Waals surface area contributed by atoms with Gasteiger partial charge >= 0.3 is 7.12 Å². The first-order chi connectivity index (χ1) is 10.3. The summed E-state index contributed by atoms with van der Waals surface area (Å²) in [6, 6.07) is 5.18. The van der Waals surface area contributed by atoms with E-state index in [1.807, 2.05) is 0 Å². The topological polar surface area (TPSA) is 114 Å². The number of hydrogen-bond acceptors (Lipinski definition) is 6. The first kappa shape index (κ1) is 16.7. The summed E-state index contributed by atoms with van der Waals surface area (Å²) in [6.07, 6.45) is 3.27. The Kier molecular flexibility index (Phi) is 5.02. The van der Waals surface area contributed by atoms with E-state index in [0.29, 0.717) is 17.8 Å². The van der Waals surface area contributed by atoms with Crippen LogP contribution >= 0.6 is 11.6 Å². The molecule has 1 heterocycles. The van der Waals surface area contributed by atoms with E-state index in [-0.39, 0.29) is 5.03 Å². The van der Waals surface area contributed by atoms with E-state index >= 15 is 0 Å². The Bertz CT molecular complexity index is 777. The van der Waals surface area contributed by atoms with Crippen LogP contribution in [0.25, 0.3) is 0 Å². The molecule has 10 heteroatoms. The van der Waals surface area contributed by atoms with Crippen LogP contribution < -0.4 is 11.2 Å². The fraction of sp³-hybridized carbons (Fsp3) is 0.167. The zero-order chi connectivity index (χ0) is 16.3. The van der Waals surface area contributed by atoms with Crippen LogP contribution in [0.2, 0.25) is 0 Å². The van der Waals surface area contributed by atoms with Gasteiger partial charge in [0.1, 0.15) is 11.4 Å². The molecule has 0 bridgehead atoms. The maximum Gasteiger partial charge on any atom is 0.491 e. The Labute approximate surface area is 133 Å². The second-order valence-corrected chi connectivity index (χ2v) is 6.94. The predicted octanol–water partition coefficient (Wildman–Crippen LogP) is 0.0461. The van der Waals surface area contributed by atoms with Crippen molar-refractivity contribution in [2.24, 2.45) is 15.7 Å². The Morgan fingerprint density at radius 3 is 2.95 bits per heavy atom. The number of rotatable bonds is 4. The Balaban J connectivity index is 2.09. The molecule has 3 N–H and O–H groups in total. The number of sulfone groups is 1.